The first-order valence-electron chi connectivity index (χ1n) is 6.23. The van der Waals surface area contributed by atoms with Gasteiger partial charge in [-0.15, -0.1) is 0 Å². The van der Waals surface area contributed by atoms with Crippen LogP contribution in [0, 0.1) is 5.82 Å². The number of benzene rings is 1. The van der Waals surface area contributed by atoms with Crippen molar-refractivity contribution in [1.29, 1.82) is 0 Å². The first kappa shape index (κ1) is 14.2. The van der Waals surface area contributed by atoms with Gasteiger partial charge in [-0.2, -0.15) is 5.10 Å². The summed E-state index contributed by atoms with van der Waals surface area (Å²) in [7, 11) is 0. The van der Waals surface area contributed by atoms with E-state index in [1.54, 1.807) is 13.0 Å². The van der Waals surface area contributed by atoms with Crippen molar-refractivity contribution in [3.63, 3.8) is 0 Å². The van der Waals surface area contributed by atoms with Gasteiger partial charge in [0.1, 0.15) is 5.82 Å². The molecule has 1 aromatic heterocycles. The minimum Gasteiger partial charge on any atom is -0.462 e. The molecule has 0 unspecified atom stereocenters. The van der Waals surface area contributed by atoms with Crippen LogP contribution in [0.25, 0.3) is 5.69 Å². The molecule has 0 fully saturated rings. The summed E-state index contributed by atoms with van der Waals surface area (Å²) in [6.07, 6.45) is 1.80. The maximum absolute atomic E-state index is 13.8. The Balaban J connectivity index is 2.43. The van der Waals surface area contributed by atoms with Crippen LogP contribution in [0.5, 0.6) is 0 Å². The number of hydrogen-bond donors (Lipinski definition) is 1. The Bertz CT molecular complexity index is 623. The molecule has 0 saturated carbocycles. The van der Waals surface area contributed by atoms with Gasteiger partial charge in [0, 0.05) is 11.8 Å². The van der Waals surface area contributed by atoms with Crippen LogP contribution >= 0.6 is 0 Å². The number of rotatable bonds is 4. The second-order valence-electron chi connectivity index (χ2n) is 4.24. The Kier molecular flexibility index (Phi) is 4.14. The molecule has 0 aliphatic heterocycles. The summed E-state index contributed by atoms with van der Waals surface area (Å²) in [5, 5.41) is 13.7. The molecule has 1 atom stereocenters. The number of hydrogen-bond acceptors (Lipinski definition) is 4. The lowest BCUT2D eigenvalue weighted by atomic mass is 10.1. The van der Waals surface area contributed by atoms with Crippen molar-refractivity contribution in [3.8, 4) is 5.69 Å². The van der Waals surface area contributed by atoms with Crippen LogP contribution in [0.1, 0.15) is 35.9 Å². The summed E-state index contributed by atoms with van der Waals surface area (Å²) in [6, 6.07) is 4.40. The molecule has 6 heteroatoms. The van der Waals surface area contributed by atoms with Gasteiger partial charge in [0.25, 0.3) is 0 Å². The Morgan fingerprint density at radius 1 is 1.55 bits per heavy atom. The predicted molar refractivity (Wildman–Crippen MR) is 70.1 cm³/mol. The summed E-state index contributed by atoms with van der Waals surface area (Å²) in [5.74, 6) is -1.01. The molecule has 0 radical (unpaired) electrons. The lowest BCUT2D eigenvalue weighted by molar-refractivity contribution is 0.0526. The molecule has 1 N–H and O–H groups in total. The van der Waals surface area contributed by atoms with Gasteiger partial charge in [-0.1, -0.05) is 6.07 Å². The van der Waals surface area contributed by atoms with Gasteiger partial charge in [-0.05, 0) is 26.0 Å². The summed E-state index contributed by atoms with van der Waals surface area (Å²) in [4.78, 5) is 11.6. The van der Waals surface area contributed by atoms with Gasteiger partial charge in [0.2, 0.25) is 0 Å². The third-order valence-electron chi connectivity index (χ3n) is 2.79. The Morgan fingerprint density at radius 2 is 2.30 bits per heavy atom. The molecule has 1 aromatic carbocycles. The summed E-state index contributed by atoms with van der Waals surface area (Å²) < 4.78 is 20.0. The molecule has 0 saturated heterocycles. The van der Waals surface area contributed by atoms with Crippen LogP contribution < -0.4 is 0 Å². The van der Waals surface area contributed by atoms with Gasteiger partial charge in [0.05, 0.1) is 30.2 Å². The number of nitrogens with zero attached hydrogens (tertiary/aromatic N) is 2. The second-order valence-corrected chi connectivity index (χ2v) is 4.24. The average molecular weight is 278 g/mol. The SMILES string of the molecule is CCOC(=O)c1cnn(-c2cccc(F)c2[C@H](C)O)c1. The highest BCUT2D eigenvalue weighted by Crippen LogP contribution is 2.24. The maximum atomic E-state index is 13.8. The Labute approximate surface area is 115 Å². The van der Waals surface area contributed by atoms with Crippen molar-refractivity contribution in [2.24, 2.45) is 0 Å². The van der Waals surface area contributed by atoms with Crippen LogP contribution in [-0.4, -0.2) is 27.5 Å². The molecular weight excluding hydrogens is 263 g/mol. The Morgan fingerprint density at radius 3 is 2.95 bits per heavy atom. The minimum atomic E-state index is -0.985. The van der Waals surface area contributed by atoms with Gasteiger partial charge < -0.3 is 9.84 Å². The van der Waals surface area contributed by atoms with E-state index in [1.807, 2.05) is 0 Å². The Hall–Kier alpha value is -2.21. The van der Waals surface area contributed by atoms with Crippen LogP contribution in [0.2, 0.25) is 0 Å². The number of carbonyl (C=O) groups is 1. The van der Waals surface area contributed by atoms with E-state index >= 15 is 0 Å². The van der Waals surface area contributed by atoms with Crippen molar-refractivity contribution in [2.45, 2.75) is 20.0 Å². The molecule has 0 bridgehead atoms. The van der Waals surface area contributed by atoms with Crippen LogP contribution in [0.15, 0.2) is 30.6 Å². The summed E-state index contributed by atoms with van der Waals surface area (Å²) in [5.41, 5.74) is 0.786. The number of esters is 1. The highest BCUT2D eigenvalue weighted by atomic mass is 19.1. The normalized spacial score (nSPS) is 12.2. The molecule has 5 nitrogen and oxygen atoms in total. The van der Waals surface area contributed by atoms with Gasteiger partial charge in [-0.3, -0.25) is 0 Å². The first-order valence-corrected chi connectivity index (χ1v) is 6.23. The van der Waals surface area contributed by atoms with Crippen molar-refractivity contribution in [3.05, 3.63) is 47.5 Å². The van der Waals surface area contributed by atoms with E-state index in [9.17, 15) is 14.3 Å². The number of halogens is 1. The first-order chi connectivity index (χ1) is 9.54. The van der Waals surface area contributed by atoms with Crippen molar-refractivity contribution in [2.75, 3.05) is 6.61 Å². The van der Waals surface area contributed by atoms with Crippen LogP contribution in [0.3, 0.4) is 0 Å². The van der Waals surface area contributed by atoms with Gasteiger partial charge >= 0.3 is 5.97 Å². The number of carbonyl (C=O) groups excluding carboxylic acids is 1. The quantitative estimate of drug-likeness (QED) is 0.871. The highest BCUT2D eigenvalue weighted by Gasteiger charge is 2.17. The van der Waals surface area contributed by atoms with E-state index in [1.165, 1.54) is 36.1 Å². The van der Waals surface area contributed by atoms with Crippen LogP contribution in [0.4, 0.5) is 4.39 Å². The number of aliphatic hydroxyl groups excluding tert-OH is 1. The topological polar surface area (TPSA) is 64.3 Å². The highest BCUT2D eigenvalue weighted by molar-refractivity contribution is 5.88. The molecule has 0 spiro atoms. The summed E-state index contributed by atoms with van der Waals surface area (Å²) in [6.45, 7) is 3.45. The number of aromatic nitrogens is 2. The molecule has 0 aliphatic carbocycles. The summed E-state index contributed by atoms with van der Waals surface area (Å²) >= 11 is 0. The predicted octanol–water partition coefficient (Wildman–Crippen LogP) is 2.24. The lowest BCUT2D eigenvalue weighted by Crippen LogP contribution is -2.06. The minimum absolute atomic E-state index is 0.131. The van der Waals surface area contributed by atoms with E-state index in [-0.39, 0.29) is 17.7 Å². The third-order valence-corrected chi connectivity index (χ3v) is 2.79. The van der Waals surface area contributed by atoms with Gasteiger partial charge in [0.15, 0.2) is 0 Å². The van der Waals surface area contributed by atoms with Gasteiger partial charge in [-0.25, -0.2) is 13.9 Å². The van der Waals surface area contributed by atoms with E-state index in [2.05, 4.69) is 5.10 Å². The fourth-order valence-corrected chi connectivity index (χ4v) is 1.91. The van der Waals surface area contributed by atoms with E-state index in [0.717, 1.165) is 0 Å². The zero-order valence-corrected chi connectivity index (χ0v) is 11.2. The van der Waals surface area contributed by atoms with E-state index in [4.69, 9.17) is 4.74 Å². The zero-order chi connectivity index (χ0) is 14.7. The fourth-order valence-electron chi connectivity index (χ4n) is 1.91. The largest absolute Gasteiger partial charge is 0.462 e. The molecule has 0 amide bonds. The fraction of sp³-hybridized carbons (Fsp3) is 0.286. The molecule has 1 heterocycles. The van der Waals surface area contributed by atoms with Crippen molar-refractivity contribution in [1.82, 2.24) is 9.78 Å². The molecule has 2 aromatic rings. The van der Waals surface area contributed by atoms with Crippen molar-refractivity contribution < 1.29 is 19.0 Å². The molecule has 106 valence electrons. The molecule has 2 rings (SSSR count). The molecular formula is C14H15FN2O3. The second kappa shape index (κ2) is 5.83. The lowest BCUT2D eigenvalue weighted by Gasteiger charge is -2.12. The average Bonchev–Trinajstić information content (AvgIpc) is 2.87. The zero-order valence-electron chi connectivity index (χ0n) is 11.2. The molecule has 20 heavy (non-hydrogen) atoms. The smallest absolute Gasteiger partial charge is 0.341 e. The van der Waals surface area contributed by atoms with E-state index in [0.29, 0.717) is 5.69 Å². The number of ether oxygens (including phenoxy) is 1. The molecule has 0 aliphatic rings. The standard InChI is InChI=1S/C14H15FN2O3/c1-3-20-14(19)10-7-16-17(8-10)12-6-4-5-11(15)13(12)9(2)18/h4-9,18H,3H2,1-2H3/t9-/m0/s1. The monoisotopic (exact) mass is 278 g/mol. The maximum Gasteiger partial charge on any atom is 0.341 e. The third kappa shape index (κ3) is 2.70. The van der Waals surface area contributed by atoms with Crippen molar-refractivity contribution >= 4 is 5.97 Å². The van der Waals surface area contributed by atoms with E-state index < -0.39 is 17.9 Å². The van der Waals surface area contributed by atoms with Crippen LogP contribution in [-0.2, 0) is 4.74 Å². The number of aliphatic hydroxyl groups is 1.